The van der Waals surface area contributed by atoms with E-state index in [0.717, 1.165) is 11.3 Å². The van der Waals surface area contributed by atoms with Crippen LogP contribution in [-0.4, -0.2) is 29.7 Å². The minimum atomic E-state index is -0.184. The summed E-state index contributed by atoms with van der Waals surface area (Å²) in [4.78, 5) is 32.0. The molecule has 2 amide bonds. The third-order valence-corrected chi connectivity index (χ3v) is 1.82. The second-order valence-electron chi connectivity index (χ2n) is 2.84. The van der Waals surface area contributed by atoms with Gasteiger partial charge in [-0.2, -0.15) is 0 Å². The largest absolute Gasteiger partial charge is 0.303 e. The summed E-state index contributed by atoms with van der Waals surface area (Å²) in [6, 6.07) is 0. The summed E-state index contributed by atoms with van der Waals surface area (Å²) >= 11 is 0. The van der Waals surface area contributed by atoms with Crippen molar-refractivity contribution < 1.29 is 14.4 Å². The zero-order valence-electron chi connectivity index (χ0n) is 7.28. The second kappa shape index (κ2) is 4.71. The molecule has 1 N–H and O–H groups in total. The van der Waals surface area contributed by atoms with Crippen molar-refractivity contribution in [2.45, 2.75) is 25.7 Å². The van der Waals surface area contributed by atoms with Gasteiger partial charge in [0.05, 0.1) is 0 Å². The van der Waals surface area contributed by atoms with Crippen molar-refractivity contribution in [3.63, 3.8) is 0 Å². The smallest absolute Gasteiger partial charge is 0.244 e. The lowest BCUT2D eigenvalue weighted by Gasteiger charge is -2.13. The summed E-state index contributed by atoms with van der Waals surface area (Å²) in [5.41, 5.74) is 2.69. The van der Waals surface area contributed by atoms with E-state index in [1.165, 1.54) is 0 Å². The molecule has 0 aromatic rings. The number of unbranched alkanes of at least 4 members (excludes halogenated alkanes) is 1. The fourth-order valence-corrected chi connectivity index (χ4v) is 1.13. The summed E-state index contributed by atoms with van der Waals surface area (Å²) in [7, 11) is 0. The van der Waals surface area contributed by atoms with Gasteiger partial charge in [-0.05, 0) is 6.42 Å². The molecule has 5 heteroatoms. The highest BCUT2D eigenvalue weighted by atomic mass is 16.2. The van der Waals surface area contributed by atoms with Crippen LogP contribution < -0.4 is 5.43 Å². The molecular weight excluding hydrogens is 172 g/mol. The molecule has 0 saturated carbocycles. The van der Waals surface area contributed by atoms with Crippen LogP contribution in [0.5, 0.6) is 0 Å². The Labute approximate surface area is 76.1 Å². The molecule has 1 saturated heterocycles. The van der Waals surface area contributed by atoms with Crippen LogP contribution in [0.2, 0.25) is 0 Å². The molecule has 72 valence electrons. The standard InChI is InChI=1S/C8H12N2O3/c11-6-2-1-5-9-10-7(12)3-4-8(10)13/h6,9H,1-5H2. The Hall–Kier alpha value is -1.23. The molecule has 0 bridgehead atoms. The highest BCUT2D eigenvalue weighted by Crippen LogP contribution is 2.08. The van der Waals surface area contributed by atoms with Gasteiger partial charge in [0.1, 0.15) is 6.29 Å². The molecule has 0 radical (unpaired) electrons. The van der Waals surface area contributed by atoms with Crippen LogP contribution in [0, 0.1) is 0 Å². The Bertz CT molecular complexity index is 211. The van der Waals surface area contributed by atoms with E-state index in [-0.39, 0.29) is 11.8 Å². The highest BCUT2D eigenvalue weighted by molar-refractivity contribution is 6.01. The maximum Gasteiger partial charge on any atom is 0.244 e. The van der Waals surface area contributed by atoms with Gasteiger partial charge in [-0.1, -0.05) is 0 Å². The molecule has 0 aliphatic carbocycles. The van der Waals surface area contributed by atoms with E-state index in [4.69, 9.17) is 0 Å². The maximum atomic E-state index is 11.0. The highest BCUT2D eigenvalue weighted by Gasteiger charge is 2.28. The van der Waals surface area contributed by atoms with E-state index in [2.05, 4.69) is 5.43 Å². The van der Waals surface area contributed by atoms with Crippen LogP contribution >= 0.6 is 0 Å². The molecule has 1 aliphatic heterocycles. The summed E-state index contributed by atoms with van der Waals surface area (Å²) in [6.07, 6.45) is 2.48. The third-order valence-electron chi connectivity index (χ3n) is 1.82. The first-order chi connectivity index (χ1) is 6.25. The quantitative estimate of drug-likeness (QED) is 0.359. The van der Waals surface area contributed by atoms with Crippen LogP contribution in [0.15, 0.2) is 0 Å². The molecule has 5 nitrogen and oxygen atoms in total. The topological polar surface area (TPSA) is 66.5 Å². The lowest BCUT2D eigenvalue weighted by Crippen LogP contribution is -2.42. The number of nitrogens with one attached hydrogen (secondary N) is 1. The number of amides is 2. The van der Waals surface area contributed by atoms with Gasteiger partial charge in [-0.25, -0.2) is 10.4 Å². The van der Waals surface area contributed by atoms with Crippen molar-refractivity contribution in [2.24, 2.45) is 0 Å². The first-order valence-corrected chi connectivity index (χ1v) is 4.28. The zero-order chi connectivity index (χ0) is 9.68. The van der Waals surface area contributed by atoms with E-state index in [1.807, 2.05) is 0 Å². The van der Waals surface area contributed by atoms with Gasteiger partial charge in [0.2, 0.25) is 11.8 Å². The third kappa shape index (κ3) is 2.62. The first kappa shape index (κ1) is 9.85. The Morgan fingerprint density at radius 1 is 1.31 bits per heavy atom. The first-order valence-electron chi connectivity index (χ1n) is 4.28. The lowest BCUT2D eigenvalue weighted by molar-refractivity contribution is -0.142. The van der Waals surface area contributed by atoms with Gasteiger partial charge >= 0.3 is 0 Å². The Morgan fingerprint density at radius 2 is 1.92 bits per heavy atom. The van der Waals surface area contributed by atoms with Crippen LogP contribution in [0.4, 0.5) is 0 Å². The number of aldehydes is 1. The Kier molecular flexibility index (Phi) is 3.57. The number of nitrogens with zero attached hydrogens (tertiary/aromatic N) is 1. The van der Waals surface area contributed by atoms with E-state index in [9.17, 15) is 14.4 Å². The van der Waals surface area contributed by atoms with E-state index in [0.29, 0.717) is 32.2 Å². The lowest BCUT2D eigenvalue weighted by atomic mass is 10.3. The Morgan fingerprint density at radius 3 is 2.46 bits per heavy atom. The van der Waals surface area contributed by atoms with Crippen LogP contribution in [-0.2, 0) is 14.4 Å². The fourth-order valence-electron chi connectivity index (χ4n) is 1.13. The van der Waals surface area contributed by atoms with Crippen molar-refractivity contribution in [1.82, 2.24) is 10.4 Å². The van der Waals surface area contributed by atoms with Gasteiger partial charge in [-0.3, -0.25) is 9.59 Å². The fraction of sp³-hybridized carbons (Fsp3) is 0.625. The maximum absolute atomic E-state index is 11.0. The molecule has 13 heavy (non-hydrogen) atoms. The van der Waals surface area contributed by atoms with Crippen molar-refractivity contribution >= 4 is 18.1 Å². The molecule has 1 fully saturated rings. The number of hydrazine groups is 1. The Balaban J connectivity index is 2.23. The minimum Gasteiger partial charge on any atom is -0.303 e. The SMILES string of the molecule is O=CCCCNN1C(=O)CCC1=O. The molecule has 1 heterocycles. The van der Waals surface area contributed by atoms with E-state index < -0.39 is 0 Å². The summed E-state index contributed by atoms with van der Waals surface area (Å²) < 4.78 is 0. The van der Waals surface area contributed by atoms with Crippen LogP contribution in [0.3, 0.4) is 0 Å². The van der Waals surface area contributed by atoms with Gasteiger partial charge < -0.3 is 4.79 Å². The predicted molar refractivity (Wildman–Crippen MR) is 44.4 cm³/mol. The van der Waals surface area contributed by atoms with Crippen LogP contribution in [0.1, 0.15) is 25.7 Å². The van der Waals surface area contributed by atoms with Crippen molar-refractivity contribution in [2.75, 3.05) is 6.54 Å². The van der Waals surface area contributed by atoms with Gasteiger partial charge in [-0.15, -0.1) is 0 Å². The summed E-state index contributed by atoms with van der Waals surface area (Å²) in [6.45, 7) is 0.482. The molecular formula is C8H12N2O3. The summed E-state index contributed by atoms with van der Waals surface area (Å²) in [5.74, 6) is -0.368. The number of hydrogen-bond acceptors (Lipinski definition) is 4. The van der Waals surface area contributed by atoms with Crippen molar-refractivity contribution in [3.05, 3.63) is 0 Å². The molecule has 1 aliphatic rings. The minimum absolute atomic E-state index is 0.184. The predicted octanol–water partition coefficient (Wildman–Crippen LogP) is -0.381. The van der Waals surface area contributed by atoms with Crippen LogP contribution in [0.25, 0.3) is 0 Å². The van der Waals surface area contributed by atoms with Gasteiger partial charge in [0.25, 0.3) is 0 Å². The number of carbonyl (C=O) groups excluding carboxylic acids is 3. The average molecular weight is 184 g/mol. The zero-order valence-corrected chi connectivity index (χ0v) is 7.28. The number of carbonyl (C=O) groups is 3. The van der Waals surface area contributed by atoms with Crippen molar-refractivity contribution in [3.8, 4) is 0 Å². The molecule has 0 aromatic heterocycles. The normalized spacial score (nSPS) is 16.8. The molecule has 0 unspecified atom stereocenters. The van der Waals surface area contributed by atoms with E-state index >= 15 is 0 Å². The molecule has 0 atom stereocenters. The van der Waals surface area contributed by atoms with Gasteiger partial charge in [0.15, 0.2) is 0 Å². The van der Waals surface area contributed by atoms with E-state index in [1.54, 1.807) is 0 Å². The number of imide groups is 1. The average Bonchev–Trinajstić information content (AvgIpc) is 2.42. The van der Waals surface area contributed by atoms with Crippen molar-refractivity contribution in [1.29, 1.82) is 0 Å². The molecule has 0 aromatic carbocycles. The van der Waals surface area contributed by atoms with Gasteiger partial charge in [0, 0.05) is 25.8 Å². The molecule has 1 rings (SSSR count). The summed E-state index contributed by atoms with van der Waals surface area (Å²) in [5, 5.41) is 1.05. The monoisotopic (exact) mass is 184 g/mol. The molecule has 0 spiro atoms. The number of rotatable bonds is 5. The second-order valence-corrected chi connectivity index (χ2v) is 2.84. The number of hydrogen-bond donors (Lipinski definition) is 1.